The lowest BCUT2D eigenvalue weighted by Crippen LogP contribution is -2.09. The first-order valence-electron chi connectivity index (χ1n) is 16.1. The molecule has 0 radical (unpaired) electrons. The number of fused-ring (bicyclic) bond motifs is 1. The van der Waals surface area contributed by atoms with Crippen LogP contribution < -0.4 is 4.90 Å². The van der Waals surface area contributed by atoms with E-state index in [2.05, 4.69) is 205 Å². The Kier molecular flexibility index (Phi) is 7.63. The van der Waals surface area contributed by atoms with Gasteiger partial charge in [-0.25, -0.2) is 0 Å². The van der Waals surface area contributed by atoms with Crippen LogP contribution in [0, 0.1) is 0 Å². The fourth-order valence-corrected chi connectivity index (χ4v) is 6.53. The summed E-state index contributed by atoms with van der Waals surface area (Å²) in [4.78, 5) is 2.33. The minimum absolute atomic E-state index is 1.11. The quantitative estimate of drug-likeness (QED) is 0.176. The van der Waals surface area contributed by atoms with E-state index in [-0.39, 0.29) is 0 Å². The molecule has 222 valence electrons. The highest BCUT2D eigenvalue weighted by Crippen LogP contribution is 2.41. The van der Waals surface area contributed by atoms with Crippen molar-refractivity contribution in [1.82, 2.24) is 0 Å². The highest BCUT2D eigenvalue weighted by molar-refractivity contribution is 6.04. The lowest BCUT2D eigenvalue weighted by atomic mass is 9.89. The number of anilines is 3. The standard InChI is InChI=1S/C46H33N/c1-4-12-34(13-5-1)35-20-22-36(23-21-35)37-24-29-42(30-25-37)47(41-17-8-3-9-18-41)43-31-26-40(27-32-43)46-44-19-11-10-16-39(44)28-33-45(46)38-14-6-2-7-15-38/h1-33H. The number of nitrogens with zero attached hydrogens (tertiary/aromatic N) is 1. The molecule has 0 fully saturated rings. The molecule has 0 aliphatic carbocycles. The SMILES string of the molecule is c1ccc(-c2ccc(-c3ccc(N(c4ccccc4)c4ccc(-c5c(-c6ccccc6)ccc6ccccc56)cc4)cc3)cc2)cc1. The predicted molar refractivity (Wildman–Crippen MR) is 200 cm³/mol. The second-order valence-corrected chi connectivity index (χ2v) is 11.8. The third-order valence-electron chi connectivity index (χ3n) is 8.89. The maximum absolute atomic E-state index is 2.33. The summed E-state index contributed by atoms with van der Waals surface area (Å²) in [6, 6.07) is 71.7. The van der Waals surface area contributed by atoms with Gasteiger partial charge in [-0.3, -0.25) is 0 Å². The Morgan fingerprint density at radius 2 is 0.660 bits per heavy atom. The van der Waals surface area contributed by atoms with Crippen molar-refractivity contribution < 1.29 is 0 Å². The Morgan fingerprint density at radius 1 is 0.255 bits per heavy atom. The van der Waals surface area contributed by atoms with Gasteiger partial charge in [0.15, 0.2) is 0 Å². The molecular weight excluding hydrogens is 567 g/mol. The second-order valence-electron chi connectivity index (χ2n) is 11.8. The molecule has 1 nitrogen and oxygen atoms in total. The summed E-state index contributed by atoms with van der Waals surface area (Å²) in [6.45, 7) is 0. The molecule has 0 saturated heterocycles. The van der Waals surface area contributed by atoms with Crippen LogP contribution in [0.5, 0.6) is 0 Å². The van der Waals surface area contributed by atoms with E-state index in [1.807, 2.05) is 0 Å². The van der Waals surface area contributed by atoms with Gasteiger partial charge in [-0.15, -0.1) is 0 Å². The normalized spacial score (nSPS) is 11.0. The summed E-state index contributed by atoms with van der Waals surface area (Å²) in [6.07, 6.45) is 0. The molecule has 0 N–H and O–H groups in total. The molecule has 0 saturated carbocycles. The topological polar surface area (TPSA) is 3.24 Å². The Bertz CT molecular complexity index is 2240. The van der Waals surface area contributed by atoms with E-state index in [0.717, 1.165) is 17.1 Å². The fraction of sp³-hybridized carbons (Fsp3) is 0. The number of benzene rings is 8. The van der Waals surface area contributed by atoms with Gasteiger partial charge in [0, 0.05) is 17.1 Å². The highest BCUT2D eigenvalue weighted by atomic mass is 15.1. The van der Waals surface area contributed by atoms with Crippen molar-refractivity contribution in [2.24, 2.45) is 0 Å². The van der Waals surface area contributed by atoms with Crippen molar-refractivity contribution in [3.8, 4) is 44.5 Å². The van der Waals surface area contributed by atoms with Crippen LogP contribution in [-0.2, 0) is 0 Å². The largest absolute Gasteiger partial charge is 0.311 e. The molecule has 0 spiro atoms. The van der Waals surface area contributed by atoms with E-state index in [1.165, 1.54) is 55.3 Å². The summed E-state index contributed by atoms with van der Waals surface area (Å²) >= 11 is 0. The predicted octanol–water partition coefficient (Wildman–Crippen LogP) is 13.0. The van der Waals surface area contributed by atoms with Crippen molar-refractivity contribution >= 4 is 27.8 Å². The van der Waals surface area contributed by atoms with Gasteiger partial charge in [-0.2, -0.15) is 0 Å². The first kappa shape index (κ1) is 28.3. The maximum Gasteiger partial charge on any atom is 0.0462 e. The molecule has 0 bridgehead atoms. The van der Waals surface area contributed by atoms with Crippen LogP contribution in [0.15, 0.2) is 200 Å². The van der Waals surface area contributed by atoms with Gasteiger partial charge in [-0.1, -0.05) is 164 Å². The lowest BCUT2D eigenvalue weighted by molar-refractivity contribution is 1.28. The van der Waals surface area contributed by atoms with Crippen molar-refractivity contribution in [3.63, 3.8) is 0 Å². The molecule has 1 heteroatoms. The third kappa shape index (κ3) is 5.72. The molecule has 0 aliphatic rings. The molecule has 8 rings (SSSR count). The molecule has 47 heavy (non-hydrogen) atoms. The van der Waals surface area contributed by atoms with Crippen molar-refractivity contribution in [2.45, 2.75) is 0 Å². The molecule has 0 unspecified atom stereocenters. The van der Waals surface area contributed by atoms with Gasteiger partial charge in [0.1, 0.15) is 0 Å². The van der Waals surface area contributed by atoms with Crippen LogP contribution in [0.4, 0.5) is 17.1 Å². The van der Waals surface area contributed by atoms with E-state index in [9.17, 15) is 0 Å². The maximum atomic E-state index is 2.33. The Morgan fingerprint density at radius 3 is 1.23 bits per heavy atom. The minimum atomic E-state index is 1.11. The molecule has 0 atom stereocenters. The van der Waals surface area contributed by atoms with Gasteiger partial charge < -0.3 is 4.90 Å². The van der Waals surface area contributed by atoms with Crippen LogP contribution in [0.25, 0.3) is 55.3 Å². The Labute approximate surface area is 276 Å². The van der Waals surface area contributed by atoms with Crippen molar-refractivity contribution in [2.75, 3.05) is 4.90 Å². The first-order valence-corrected chi connectivity index (χ1v) is 16.1. The van der Waals surface area contributed by atoms with E-state index in [4.69, 9.17) is 0 Å². The zero-order chi connectivity index (χ0) is 31.4. The summed E-state index contributed by atoms with van der Waals surface area (Å²) in [5.41, 5.74) is 13.1. The van der Waals surface area contributed by atoms with Crippen LogP contribution in [-0.4, -0.2) is 0 Å². The van der Waals surface area contributed by atoms with Gasteiger partial charge in [0.05, 0.1) is 0 Å². The smallest absolute Gasteiger partial charge is 0.0462 e. The lowest BCUT2D eigenvalue weighted by Gasteiger charge is -2.26. The first-order chi connectivity index (χ1) is 23.3. The molecule has 0 aromatic heterocycles. The van der Waals surface area contributed by atoms with E-state index < -0.39 is 0 Å². The van der Waals surface area contributed by atoms with Crippen LogP contribution in [0.3, 0.4) is 0 Å². The second kappa shape index (κ2) is 12.7. The molecule has 0 amide bonds. The van der Waals surface area contributed by atoms with E-state index in [0.29, 0.717) is 0 Å². The molecular formula is C46H33N. The van der Waals surface area contributed by atoms with Crippen LogP contribution in [0.2, 0.25) is 0 Å². The van der Waals surface area contributed by atoms with Gasteiger partial charge in [-0.05, 0) is 91.7 Å². The van der Waals surface area contributed by atoms with Gasteiger partial charge >= 0.3 is 0 Å². The fourth-order valence-electron chi connectivity index (χ4n) is 6.53. The Balaban J connectivity index is 1.16. The van der Waals surface area contributed by atoms with Crippen LogP contribution >= 0.6 is 0 Å². The van der Waals surface area contributed by atoms with Crippen LogP contribution in [0.1, 0.15) is 0 Å². The zero-order valence-electron chi connectivity index (χ0n) is 26.0. The highest BCUT2D eigenvalue weighted by Gasteiger charge is 2.15. The minimum Gasteiger partial charge on any atom is -0.311 e. The molecule has 0 heterocycles. The summed E-state index contributed by atoms with van der Waals surface area (Å²) in [5.74, 6) is 0. The average Bonchev–Trinajstić information content (AvgIpc) is 3.16. The average molecular weight is 600 g/mol. The monoisotopic (exact) mass is 599 g/mol. The number of hydrogen-bond acceptors (Lipinski definition) is 1. The van der Waals surface area contributed by atoms with Gasteiger partial charge in [0.2, 0.25) is 0 Å². The Hall–Kier alpha value is -6.18. The zero-order valence-corrected chi connectivity index (χ0v) is 26.0. The van der Waals surface area contributed by atoms with Crippen molar-refractivity contribution in [1.29, 1.82) is 0 Å². The summed E-state index contributed by atoms with van der Waals surface area (Å²) in [5, 5.41) is 2.50. The summed E-state index contributed by atoms with van der Waals surface area (Å²) in [7, 11) is 0. The van der Waals surface area contributed by atoms with E-state index >= 15 is 0 Å². The van der Waals surface area contributed by atoms with Crippen molar-refractivity contribution in [3.05, 3.63) is 200 Å². The number of hydrogen-bond donors (Lipinski definition) is 0. The number of para-hydroxylation sites is 1. The van der Waals surface area contributed by atoms with E-state index in [1.54, 1.807) is 0 Å². The molecule has 8 aromatic carbocycles. The molecule has 0 aliphatic heterocycles. The third-order valence-corrected chi connectivity index (χ3v) is 8.89. The van der Waals surface area contributed by atoms with Gasteiger partial charge in [0.25, 0.3) is 0 Å². The summed E-state index contributed by atoms with van der Waals surface area (Å²) < 4.78 is 0. The molecule has 8 aromatic rings. The number of rotatable bonds is 7.